The van der Waals surface area contributed by atoms with Crippen molar-refractivity contribution in [3.05, 3.63) is 78.2 Å². The SMILES string of the molecule is O=C1c2cccn2-c2ncccc2O[C@H]1c1ccccc1. The molecule has 1 aromatic carbocycles. The Labute approximate surface area is 121 Å². The smallest absolute Gasteiger partial charge is 0.224 e. The largest absolute Gasteiger partial charge is 0.474 e. The monoisotopic (exact) mass is 276 g/mol. The van der Waals surface area contributed by atoms with Gasteiger partial charge in [0.05, 0.1) is 5.69 Å². The summed E-state index contributed by atoms with van der Waals surface area (Å²) in [6.07, 6.45) is 2.88. The molecular formula is C17H12N2O2. The van der Waals surface area contributed by atoms with Crippen LogP contribution < -0.4 is 4.74 Å². The van der Waals surface area contributed by atoms with Gasteiger partial charge in [-0.15, -0.1) is 0 Å². The second kappa shape index (κ2) is 4.59. The van der Waals surface area contributed by atoms with Crippen molar-refractivity contribution >= 4 is 5.78 Å². The maximum Gasteiger partial charge on any atom is 0.224 e. The standard InChI is InChI=1S/C17H12N2O2/c20-15-13-8-5-11-19(13)17-14(9-4-10-18-17)21-16(15)12-6-2-1-3-7-12/h1-11,16H/t16-/m0/s1. The van der Waals surface area contributed by atoms with Crippen LogP contribution in [0, 0.1) is 0 Å². The molecule has 1 aliphatic rings. The third-order valence-electron chi connectivity index (χ3n) is 3.57. The number of nitrogens with zero attached hydrogens (tertiary/aromatic N) is 2. The number of rotatable bonds is 1. The fraction of sp³-hybridized carbons (Fsp3) is 0.0588. The average Bonchev–Trinajstić information content (AvgIpc) is 2.98. The van der Waals surface area contributed by atoms with Crippen molar-refractivity contribution in [2.45, 2.75) is 6.10 Å². The molecule has 1 aliphatic heterocycles. The van der Waals surface area contributed by atoms with E-state index >= 15 is 0 Å². The van der Waals surface area contributed by atoms with Crippen LogP contribution in [0.3, 0.4) is 0 Å². The molecule has 0 bridgehead atoms. The van der Waals surface area contributed by atoms with Crippen LogP contribution in [-0.2, 0) is 0 Å². The Balaban J connectivity index is 1.93. The topological polar surface area (TPSA) is 44.1 Å². The van der Waals surface area contributed by atoms with Gasteiger partial charge in [0.1, 0.15) is 0 Å². The van der Waals surface area contributed by atoms with Gasteiger partial charge in [0.25, 0.3) is 0 Å². The molecule has 0 saturated carbocycles. The maximum atomic E-state index is 12.8. The summed E-state index contributed by atoms with van der Waals surface area (Å²) >= 11 is 0. The van der Waals surface area contributed by atoms with Crippen LogP contribution in [0.15, 0.2) is 67.0 Å². The van der Waals surface area contributed by atoms with Gasteiger partial charge in [-0.1, -0.05) is 30.3 Å². The van der Waals surface area contributed by atoms with Gasteiger partial charge >= 0.3 is 0 Å². The zero-order chi connectivity index (χ0) is 14.2. The van der Waals surface area contributed by atoms with Crippen molar-refractivity contribution in [2.75, 3.05) is 0 Å². The Bertz CT molecular complexity index is 808. The Kier molecular flexibility index (Phi) is 2.60. The summed E-state index contributed by atoms with van der Waals surface area (Å²) < 4.78 is 7.74. The van der Waals surface area contributed by atoms with Crippen molar-refractivity contribution in [1.29, 1.82) is 0 Å². The van der Waals surface area contributed by atoms with Gasteiger partial charge < -0.3 is 4.74 Å². The van der Waals surface area contributed by atoms with E-state index in [1.165, 1.54) is 0 Å². The highest BCUT2D eigenvalue weighted by atomic mass is 16.5. The maximum absolute atomic E-state index is 12.8. The molecule has 3 aromatic rings. The molecule has 0 unspecified atom stereocenters. The van der Waals surface area contributed by atoms with Gasteiger partial charge in [-0.05, 0) is 24.3 Å². The zero-order valence-electron chi connectivity index (χ0n) is 11.1. The summed E-state index contributed by atoms with van der Waals surface area (Å²) in [5.41, 5.74) is 1.42. The number of ether oxygens (including phenoxy) is 1. The fourth-order valence-corrected chi connectivity index (χ4v) is 2.58. The van der Waals surface area contributed by atoms with E-state index in [2.05, 4.69) is 4.98 Å². The molecule has 0 saturated heterocycles. The van der Waals surface area contributed by atoms with Crippen LogP contribution >= 0.6 is 0 Å². The minimum absolute atomic E-state index is 0.0656. The zero-order valence-corrected chi connectivity index (χ0v) is 11.1. The van der Waals surface area contributed by atoms with Crippen molar-refractivity contribution in [3.63, 3.8) is 0 Å². The van der Waals surface area contributed by atoms with E-state index < -0.39 is 6.10 Å². The van der Waals surface area contributed by atoms with Crippen molar-refractivity contribution in [2.24, 2.45) is 0 Å². The van der Waals surface area contributed by atoms with Gasteiger partial charge in [-0.25, -0.2) is 4.98 Å². The van der Waals surface area contributed by atoms with Crippen LogP contribution in [0.4, 0.5) is 0 Å². The number of carbonyl (C=O) groups excluding carboxylic acids is 1. The van der Waals surface area contributed by atoms with E-state index in [9.17, 15) is 4.79 Å². The molecule has 0 fully saturated rings. The van der Waals surface area contributed by atoms with E-state index in [1.54, 1.807) is 22.9 Å². The van der Waals surface area contributed by atoms with Crippen molar-refractivity contribution in [3.8, 4) is 11.6 Å². The van der Waals surface area contributed by atoms with Crippen molar-refractivity contribution < 1.29 is 9.53 Å². The Morgan fingerprint density at radius 1 is 1.00 bits per heavy atom. The Morgan fingerprint density at radius 3 is 2.71 bits per heavy atom. The molecule has 102 valence electrons. The molecule has 0 N–H and O–H groups in total. The molecule has 4 heteroatoms. The van der Waals surface area contributed by atoms with Gasteiger partial charge in [0.2, 0.25) is 5.78 Å². The quantitative estimate of drug-likeness (QED) is 0.685. The number of benzene rings is 1. The fourth-order valence-electron chi connectivity index (χ4n) is 2.58. The van der Waals surface area contributed by atoms with Gasteiger partial charge in [-0.2, -0.15) is 0 Å². The number of fused-ring (bicyclic) bond motifs is 3. The molecule has 0 amide bonds. The molecule has 1 atom stereocenters. The third-order valence-corrected chi connectivity index (χ3v) is 3.57. The molecule has 2 aromatic heterocycles. The molecule has 4 rings (SSSR count). The number of carbonyl (C=O) groups is 1. The second-order valence-corrected chi connectivity index (χ2v) is 4.86. The summed E-state index contributed by atoms with van der Waals surface area (Å²) in [5, 5.41) is 0. The Morgan fingerprint density at radius 2 is 1.86 bits per heavy atom. The van der Waals surface area contributed by atoms with Gasteiger partial charge in [-0.3, -0.25) is 9.36 Å². The highest BCUT2D eigenvalue weighted by molar-refractivity contribution is 6.00. The first-order valence-corrected chi connectivity index (χ1v) is 6.73. The summed E-state index contributed by atoms with van der Waals surface area (Å²) in [6.45, 7) is 0. The summed E-state index contributed by atoms with van der Waals surface area (Å²) in [7, 11) is 0. The molecule has 4 nitrogen and oxygen atoms in total. The van der Waals surface area contributed by atoms with Crippen molar-refractivity contribution in [1.82, 2.24) is 9.55 Å². The second-order valence-electron chi connectivity index (χ2n) is 4.86. The molecule has 0 radical (unpaired) electrons. The number of Topliss-reactive ketones (excluding diaryl/α,β-unsaturated/α-hetero) is 1. The Hall–Kier alpha value is -2.88. The van der Waals surface area contributed by atoms with E-state index in [1.807, 2.05) is 48.7 Å². The lowest BCUT2D eigenvalue weighted by Gasteiger charge is -2.15. The molecular weight excluding hydrogens is 264 g/mol. The summed E-state index contributed by atoms with van der Waals surface area (Å²) in [5.74, 6) is 1.18. The predicted molar refractivity (Wildman–Crippen MR) is 77.7 cm³/mol. The highest BCUT2D eigenvalue weighted by Gasteiger charge is 2.31. The molecule has 3 heterocycles. The van der Waals surface area contributed by atoms with E-state index in [0.29, 0.717) is 17.3 Å². The summed E-state index contributed by atoms with van der Waals surface area (Å²) in [6, 6.07) is 16.8. The average molecular weight is 276 g/mol. The minimum Gasteiger partial charge on any atom is -0.474 e. The first-order valence-electron chi connectivity index (χ1n) is 6.73. The molecule has 21 heavy (non-hydrogen) atoms. The number of hydrogen-bond donors (Lipinski definition) is 0. The normalized spacial score (nSPS) is 16.6. The third kappa shape index (κ3) is 1.84. The number of ketones is 1. The summed E-state index contributed by atoms with van der Waals surface area (Å²) in [4.78, 5) is 17.1. The highest BCUT2D eigenvalue weighted by Crippen LogP contribution is 2.33. The van der Waals surface area contributed by atoms with E-state index in [0.717, 1.165) is 5.56 Å². The van der Waals surface area contributed by atoms with Crippen LogP contribution in [0.1, 0.15) is 22.2 Å². The van der Waals surface area contributed by atoms with Gasteiger partial charge in [0, 0.05) is 18.0 Å². The van der Waals surface area contributed by atoms with Crippen LogP contribution in [0.2, 0.25) is 0 Å². The lowest BCUT2D eigenvalue weighted by Crippen LogP contribution is -2.18. The first-order chi connectivity index (χ1) is 10.3. The predicted octanol–water partition coefficient (Wildman–Crippen LogP) is 3.19. The number of hydrogen-bond acceptors (Lipinski definition) is 3. The van der Waals surface area contributed by atoms with E-state index in [4.69, 9.17) is 4.74 Å². The molecule has 0 aliphatic carbocycles. The van der Waals surface area contributed by atoms with Crippen LogP contribution in [0.25, 0.3) is 5.82 Å². The number of pyridine rings is 1. The molecule has 0 spiro atoms. The van der Waals surface area contributed by atoms with Crippen LogP contribution in [-0.4, -0.2) is 15.3 Å². The lowest BCUT2D eigenvalue weighted by molar-refractivity contribution is 0.0796. The number of aromatic nitrogens is 2. The van der Waals surface area contributed by atoms with E-state index in [-0.39, 0.29) is 5.78 Å². The first kappa shape index (κ1) is 11.9. The van der Waals surface area contributed by atoms with Crippen LogP contribution in [0.5, 0.6) is 5.75 Å². The lowest BCUT2D eigenvalue weighted by atomic mass is 10.0. The van der Waals surface area contributed by atoms with Gasteiger partial charge in [0.15, 0.2) is 17.7 Å². The minimum atomic E-state index is -0.648.